The molecule has 3 N–H and O–H groups in total. The molecule has 1 atom stereocenters. The van der Waals surface area contributed by atoms with Crippen LogP contribution in [0.2, 0.25) is 0 Å². The highest BCUT2D eigenvalue weighted by molar-refractivity contribution is 6.04. The van der Waals surface area contributed by atoms with E-state index in [-0.39, 0.29) is 11.8 Å². The predicted octanol–water partition coefficient (Wildman–Crippen LogP) is 4.71. The van der Waals surface area contributed by atoms with Crippen LogP contribution in [-0.2, 0) is 0 Å². The quantitative estimate of drug-likeness (QED) is 0.368. The first-order chi connectivity index (χ1) is 18.6. The molecular formula is C30H31N7O. The van der Waals surface area contributed by atoms with Crippen LogP contribution >= 0.6 is 0 Å². The largest absolute Gasteiger partial charge is 0.369 e. The Balaban J connectivity index is 1.27. The van der Waals surface area contributed by atoms with Gasteiger partial charge in [0.2, 0.25) is 5.95 Å². The summed E-state index contributed by atoms with van der Waals surface area (Å²) in [7, 11) is 0. The lowest BCUT2D eigenvalue weighted by Gasteiger charge is -2.30. The molecule has 38 heavy (non-hydrogen) atoms. The van der Waals surface area contributed by atoms with Crippen molar-refractivity contribution in [2.75, 3.05) is 30.7 Å². The fraction of sp³-hybridized carbons (Fsp3) is 0.333. The molecule has 0 spiro atoms. The third-order valence-corrected chi connectivity index (χ3v) is 7.46. The van der Waals surface area contributed by atoms with Crippen molar-refractivity contribution >= 4 is 23.2 Å². The Morgan fingerprint density at radius 2 is 1.89 bits per heavy atom. The number of nitrogens with zero attached hydrogens (tertiary/aromatic N) is 5. The number of carbonyl (C=O) groups excluding carboxylic acids is 1. The highest BCUT2D eigenvalue weighted by Gasteiger charge is 2.27. The Morgan fingerprint density at radius 1 is 1.08 bits per heavy atom. The lowest BCUT2D eigenvalue weighted by molar-refractivity contribution is 0.102. The molecule has 1 saturated heterocycles. The number of hydrogen-bond acceptors (Lipinski definition) is 6. The molecule has 8 heteroatoms. The summed E-state index contributed by atoms with van der Waals surface area (Å²) in [6.07, 6.45) is 8.08. The van der Waals surface area contributed by atoms with Crippen LogP contribution < -0.4 is 11.1 Å². The number of benzene rings is 1. The van der Waals surface area contributed by atoms with Crippen molar-refractivity contribution in [3.8, 4) is 23.2 Å². The van der Waals surface area contributed by atoms with Gasteiger partial charge in [-0.1, -0.05) is 18.1 Å². The van der Waals surface area contributed by atoms with E-state index in [1.54, 1.807) is 12.4 Å². The van der Waals surface area contributed by atoms with E-state index in [0.717, 1.165) is 55.1 Å². The topological polar surface area (TPSA) is 101 Å². The van der Waals surface area contributed by atoms with E-state index < -0.39 is 0 Å². The van der Waals surface area contributed by atoms with E-state index in [0.29, 0.717) is 23.2 Å². The number of imidazole rings is 1. The van der Waals surface area contributed by atoms with Crippen LogP contribution in [0.15, 0.2) is 54.9 Å². The fourth-order valence-electron chi connectivity index (χ4n) is 5.34. The molecule has 1 amide bonds. The van der Waals surface area contributed by atoms with Gasteiger partial charge >= 0.3 is 0 Å². The summed E-state index contributed by atoms with van der Waals surface area (Å²) in [6.45, 7) is 4.62. The Labute approximate surface area is 222 Å². The zero-order valence-electron chi connectivity index (χ0n) is 21.5. The summed E-state index contributed by atoms with van der Waals surface area (Å²) in [4.78, 5) is 29.1. The number of fused-ring (bicyclic) bond motifs is 1. The van der Waals surface area contributed by atoms with Gasteiger partial charge in [0.1, 0.15) is 11.6 Å². The molecule has 2 fully saturated rings. The molecule has 8 nitrogen and oxygen atoms in total. The normalized spacial score (nSPS) is 17.7. The van der Waals surface area contributed by atoms with Crippen LogP contribution in [0, 0.1) is 11.8 Å². The van der Waals surface area contributed by atoms with Gasteiger partial charge in [-0.15, -0.1) is 5.92 Å². The molecule has 1 aromatic carbocycles. The molecule has 1 aliphatic carbocycles. The predicted molar refractivity (Wildman–Crippen MR) is 149 cm³/mol. The van der Waals surface area contributed by atoms with Crippen LogP contribution in [0.4, 0.5) is 11.8 Å². The third-order valence-electron chi connectivity index (χ3n) is 7.46. The molecule has 0 bridgehead atoms. The van der Waals surface area contributed by atoms with Crippen molar-refractivity contribution in [3.63, 3.8) is 0 Å². The third kappa shape index (κ3) is 4.85. The average molecular weight is 506 g/mol. The maximum Gasteiger partial charge on any atom is 0.256 e. The second-order valence-corrected chi connectivity index (χ2v) is 10.1. The van der Waals surface area contributed by atoms with Crippen molar-refractivity contribution in [3.05, 3.63) is 71.7 Å². The Hall–Kier alpha value is -4.22. The molecule has 1 aliphatic heterocycles. The summed E-state index contributed by atoms with van der Waals surface area (Å²) in [5.41, 5.74) is 11.0. The number of likely N-dealkylation sites (tertiary alicyclic amines) is 1. The minimum Gasteiger partial charge on any atom is -0.369 e. The van der Waals surface area contributed by atoms with Crippen molar-refractivity contribution in [2.45, 2.75) is 44.4 Å². The molecule has 192 valence electrons. The highest BCUT2D eigenvalue weighted by Crippen LogP contribution is 2.40. The maximum absolute atomic E-state index is 12.9. The molecule has 1 saturated carbocycles. The number of amides is 1. The van der Waals surface area contributed by atoms with E-state index in [2.05, 4.69) is 32.0 Å². The first-order valence-electron chi connectivity index (χ1n) is 13.2. The highest BCUT2D eigenvalue weighted by atomic mass is 16.1. The van der Waals surface area contributed by atoms with E-state index in [1.165, 1.54) is 18.4 Å². The second kappa shape index (κ2) is 10.3. The van der Waals surface area contributed by atoms with Crippen molar-refractivity contribution in [1.29, 1.82) is 0 Å². The summed E-state index contributed by atoms with van der Waals surface area (Å²) in [5.74, 6) is 8.60. The summed E-state index contributed by atoms with van der Waals surface area (Å²) >= 11 is 0. The minimum absolute atomic E-state index is 0.190. The van der Waals surface area contributed by atoms with Crippen LogP contribution in [0.1, 0.15) is 66.1 Å². The number of hydrogen-bond donors (Lipinski definition) is 2. The number of nitrogens with one attached hydrogen (secondary N) is 1. The van der Waals surface area contributed by atoms with Gasteiger partial charge in [-0.25, -0.2) is 15.0 Å². The summed E-state index contributed by atoms with van der Waals surface area (Å²) in [5, 5.41) is 2.93. The number of pyridine rings is 1. The van der Waals surface area contributed by atoms with Gasteiger partial charge in [0.25, 0.3) is 5.91 Å². The standard InChI is InChI=1S/C30H31N7O/c1-2-3-16-36-17-4-5-24(19-36)27-25-13-15-33-30(31)37(25)28(35-27)21-8-10-22(11-9-21)29(38)34-26-18-23(12-14-32-26)20-6-7-20/h8-15,18,20,24H,4-7,16-17,19H2,1H3,(H2,31,33)(H,32,34,38). The van der Waals surface area contributed by atoms with Gasteiger partial charge in [-0.05, 0) is 81.0 Å². The van der Waals surface area contributed by atoms with Crippen molar-refractivity contribution in [1.82, 2.24) is 24.3 Å². The number of rotatable bonds is 6. The maximum atomic E-state index is 12.9. The monoisotopic (exact) mass is 505 g/mol. The lowest BCUT2D eigenvalue weighted by Crippen LogP contribution is -2.34. The molecule has 4 aromatic rings. The summed E-state index contributed by atoms with van der Waals surface area (Å²) < 4.78 is 1.92. The van der Waals surface area contributed by atoms with Crippen LogP contribution in [-0.4, -0.2) is 49.8 Å². The van der Waals surface area contributed by atoms with Crippen LogP contribution in [0.3, 0.4) is 0 Å². The zero-order chi connectivity index (χ0) is 26.1. The smallest absolute Gasteiger partial charge is 0.256 e. The molecule has 3 aromatic heterocycles. The molecule has 1 unspecified atom stereocenters. The molecule has 2 aliphatic rings. The molecular weight excluding hydrogens is 474 g/mol. The van der Waals surface area contributed by atoms with Crippen LogP contribution in [0.5, 0.6) is 0 Å². The van der Waals surface area contributed by atoms with Gasteiger partial charge in [-0.3, -0.25) is 14.1 Å². The summed E-state index contributed by atoms with van der Waals surface area (Å²) in [6, 6.07) is 13.4. The second-order valence-electron chi connectivity index (χ2n) is 10.1. The first kappa shape index (κ1) is 24.1. The molecule has 6 rings (SSSR count). The van der Waals surface area contributed by atoms with Gasteiger partial charge in [0, 0.05) is 36.0 Å². The zero-order valence-corrected chi connectivity index (χ0v) is 21.5. The van der Waals surface area contributed by atoms with E-state index in [1.807, 2.05) is 53.8 Å². The van der Waals surface area contributed by atoms with E-state index >= 15 is 0 Å². The Kier molecular flexibility index (Phi) is 6.52. The van der Waals surface area contributed by atoms with Gasteiger partial charge in [-0.2, -0.15) is 0 Å². The van der Waals surface area contributed by atoms with Crippen molar-refractivity contribution < 1.29 is 4.79 Å². The Bertz CT molecular complexity index is 1540. The molecule has 4 heterocycles. The van der Waals surface area contributed by atoms with Gasteiger partial charge in [0.05, 0.1) is 17.8 Å². The fourth-order valence-corrected chi connectivity index (χ4v) is 5.34. The minimum atomic E-state index is -0.190. The molecule has 0 radical (unpaired) electrons. The number of carbonyl (C=O) groups is 1. The first-order valence-corrected chi connectivity index (χ1v) is 13.2. The number of nitrogens with two attached hydrogens (primary N) is 1. The number of anilines is 2. The van der Waals surface area contributed by atoms with E-state index in [9.17, 15) is 4.79 Å². The Morgan fingerprint density at radius 3 is 2.68 bits per heavy atom. The van der Waals surface area contributed by atoms with Gasteiger partial charge < -0.3 is 11.1 Å². The SMILES string of the molecule is CC#CCN1CCCC(c2nc(-c3ccc(C(=O)Nc4cc(C5CC5)ccn4)cc3)n3c(N)nccc23)C1. The lowest BCUT2D eigenvalue weighted by atomic mass is 9.94. The van der Waals surface area contributed by atoms with E-state index in [4.69, 9.17) is 10.7 Å². The van der Waals surface area contributed by atoms with Crippen LogP contribution in [0.25, 0.3) is 16.9 Å². The number of aromatic nitrogens is 4. The van der Waals surface area contributed by atoms with Crippen molar-refractivity contribution in [2.24, 2.45) is 0 Å². The number of piperidine rings is 1. The average Bonchev–Trinajstić information content (AvgIpc) is 3.73. The number of nitrogen functional groups attached to an aromatic ring is 1. The van der Waals surface area contributed by atoms with Gasteiger partial charge in [0.15, 0.2) is 0 Å².